The quantitative estimate of drug-likeness (QED) is 0.347. The van der Waals surface area contributed by atoms with E-state index in [1.54, 1.807) is 30.3 Å². The van der Waals surface area contributed by atoms with E-state index in [0.29, 0.717) is 47.3 Å². The molecule has 39 heavy (non-hydrogen) atoms. The Morgan fingerprint density at radius 3 is 2.33 bits per heavy atom. The van der Waals surface area contributed by atoms with Crippen molar-refractivity contribution in [3.8, 4) is 17.6 Å². The topological polar surface area (TPSA) is 91.8 Å². The van der Waals surface area contributed by atoms with E-state index in [1.165, 1.54) is 19.2 Å². The summed E-state index contributed by atoms with van der Waals surface area (Å²) in [6.07, 6.45) is 2.85. The number of hydrogen-bond acceptors (Lipinski definition) is 7. The van der Waals surface area contributed by atoms with Gasteiger partial charge in [-0.3, -0.25) is 0 Å². The van der Waals surface area contributed by atoms with Crippen LogP contribution in [0.2, 0.25) is 0 Å². The minimum absolute atomic E-state index is 0.217. The van der Waals surface area contributed by atoms with Gasteiger partial charge in [-0.2, -0.15) is 5.26 Å². The van der Waals surface area contributed by atoms with Gasteiger partial charge in [0.05, 0.1) is 24.3 Å². The predicted molar refractivity (Wildman–Crippen MR) is 149 cm³/mol. The van der Waals surface area contributed by atoms with Crippen molar-refractivity contribution in [2.45, 2.75) is 44.8 Å². The van der Waals surface area contributed by atoms with Crippen LogP contribution in [0.4, 0.5) is 10.1 Å². The summed E-state index contributed by atoms with van der Waals surface area (Å²) in [5.41, 5.74) is 8.12. The van der Waals surface area contributed by atoms with Gasteiger partial charge in [-0.05, 0) is 99.5 Å². The van der Waals surface area contributed by atoms with Crippen LogP contribution < -0.4 is 15.4 Å². The van der Waals surface area contributed by atoms with Gasteiger partial charge in [-0.15, -0.1) is 0 Å². The highest BCUT2D eigenvalue weighted by molar-refractivity contribution is 5.89. The minimum atomic E-state index is -0.401. The van der Waals surface area contributed by atoms with Gasteiger partial charge in [0.2, 0.25) is 0 Å². The summed E-state index contributed by atoms with van der Waals surface area (Å²) in [7, 11) is 1.35. The van der Waals surface area contributed by atoms with Gasteiger partial charge in [-0.1, -0.05) is 0 Å². The Labute approximate surface area is 229 Å². The van der Waals surface area contributed by atoms with Crippen molar-refractivity contribution in [2.24, 2.45) is 5.73 Å². The monoisotopic (exact) mass is 530 g/mol. The summed E-state index contributed by atoms with van der Waals surface area (Å²) in [6.45, 7) is 5.15. The lowest BCUT2D eigenvalue weighted by Crippen LogP contribution is -2.47. The number of piperidine rings is 1. The Morgan fingerprint density at radius 1 is 1.10 bits per heavy atom. The maximum absolute atomic E-state index is 14.8. The molecule has 0 aromatic heterocycles. The highest BCUT2D eigenvalue weighted by Crippen LogP contribution is 2.30. The fourth-order valence-electron chi connectivity index (χ4n) is 5.06. The van der Waals surface area contributed by atoms with Crippen LogP contribution in [0.15, 0.2) is 66.7 Å². The fraction of sp³-hybridized carbons (Fsp3) is 0.355. The summed E-state index contributed by atoms with van der Waals surface area (Å²) in [4.78, 5) is 16.4. The molecule has 0 bridgehead atoms. The van der Waals surface area contributed by atoms with E-state index in [2.05, 4.69) is 22.8 Å². The number of carbonyl (C=O) groups is 1. The van der Waals surface area contributed by atoms with Gasteiger partial charge in [0, 0.05) is 43.0 Å². The fourth-order valence-corrected chi connectivity index (χ4v) is 5.06. The van der Waals surface area contributed by atoms with Crippen LogP contribution in [0.1, 0.15) is 47.7 Å². The Kier molecular flexibility index (Phi) is 9.53. The van der Waals surface area contributed by atoms with E-state index < -0.39 is 5.97 Å². The van der Waals surface area contributed by atoms with E-state index in [4.69, 9.17) is 15.2 Å². The second-order valence-electron chi connectivity index (χ2n) is 9.85. The normalized spacial score (nSPS) is 14.8. The third-order valence-corrected chi connectivity index (χ3v) is 7.34. The van der Waals surface area contributed by atoms with Crippen molar-refractivity contribution < 1.29 is 18.7 Å². The highest BCUT2D eigenvalue weighted by Gasteiger charge is 2.27. The van der Waals surface area contributed by atoms with Crippen LogP contribution in [0.25, 0.3) is 0 Å². The number of nitrogens with zero attached hydrogens (tertiary/aromatic N) is 3. The van der Waals surface area contributed by atoms with Crippen LogP contribution in [-0.2, 0) is 11.3 Å². The largest absolute Gasteiger partial charge is 0.465 e. The lowest BCUT2D eigenvalue weighted by Gasteiger charge is -2.42. The molecular weight excluding hydrogens is 495 g/mol. The number of benzene rings is 3. The standard InChI is InChI=1S/C31H35FN4O3/c1-22(13-16-33)35-17-14-27(15-18-35)36(21-25-19-23(20-34)3-12-30(25)32)26-6-10-29(11-7-26)39-28-8-4-24(5-9-28)31(37)38-2/h3-12,19,22,27H,13-18,21,33H2,1-2H3. The molecule has 0 radical (unpaired) electrons. The lowest BCUT2D eigenvalue weighted by molar-refractivity contribution is 0.0600. The van der Waals surface area contributed by atoms with Gasteiger partial charge in [0.15, 0.2) is 0 Å². The number of anilines is 1. The number of esters is 1. The first-order valence-electron chi connectivity index (χ1n) is 13.3. The van der Waals surface area contributed by atoms with Crippen LogP contribution in [0.5, 0.6) is 11.5 Å². The first-order chi connectivity index (χ1) is 18.9. The van der Waals surface area contributed by atoms with Gasteiger partial charge < -0.3 is 25.0 Å². The van der Waals surface area contributed by atoms with Gasteiger partial charge in [-0.25, -0.2) is 9.18 Å². The van der Waals surface area contributed by atoms with Crippen molar-refractivity contribution in [3.63, 3.8) is 0 Å². The Balaban J connectivity index is 1.53. The van der Waals surface area contributed by atoms with E-state index in [0.717, 1.165) is 38.0 Å². The van der Waals surface area contributed by atoms with Gasteiger partial charge in [0.25, 0.3) is 0 Å². The Bertz CT molecular complexity index is 1280. The lowest BCUT2D eigenvalue weighted by atomic mass is 9.99. The molecule has 3 aromatic rings. The van der Waals surface area contributed by atoms with Crippen molar-refractivity contribution in [2.75, 3.05) is 31.6 Å². The molecule has 204 valence electrons. The molecule has 4 rings (SSSR count). The molecule has 1 saturated heterocycles. The number of likely N-dealkylation sites (tertiary alicyclic amines) is 1. The number of nitriles is 1. The molecule has 0 amide bonds. The first kappa shape index (κ1) is 28.1. The SMILES string of the molecule is COC(=O)c1ccc(Oc2ccc(N(Cc3cc(C#N)ccc3F)C3CCN(C(C)CCN)CC3)cc2)cc1. The second-order valence-corrected chi connectivity index (χ2v) is 9.85. The number of hydrogen-bond donors (Lipinski definition) is 1. The van der Waals surface area contributed by atoms with Crippen LogP contribution in [0, 0.1) is 17.1 Å². The van der Waals surface area contributed by atoms with Crippen LogP contribution in [0.3, 0.4) is 0 Å². The van der Waals surface area contributed by atoms with Crippen molar-refractivity contribution in [1.82, 2.24) is 4.90 Å². The average molecular weight is 531 g/mol. The zero-order chi connectivity index (χ0) is 27.8. The Morgan fingerprint density at radius 2 is 1.74 bits per heavy atom. The summed E-state index contributed by atoms with van der Waals surface area (Å²) < 4.78 is 25.5. The van der Waals surface area contributed by atoms with Crippen LogP contribution in [-0.4, -0.2) is 49.7 Å². The summed E-state index contributed by atoms with van der Waals surface area (Å²) >= 11 is 0. The maximum Gasteiger partial charge on any atom is 0.337 e. The summed E-state index contributed by atoms with van der Waals surface area (Å²) in [5.74, 6) is 0.528. The van der Waals surface area contributed by atoms with Gasteiger partial charge in [0.1, 0.15) is 17.3 Å². The molecule has 8 heteroatoms. The summed E-state index contributed by atoms with van der Waals surface area (Å²) in [6, 6.07) is 21.8. The maximum atomic E-state index is 14.8. The molecule has 1 aliphatic heterocycles. The van der Waals surface area contributed by atoms with E-state index >= 15 is 0 Å². The zero-order valence-electron chi connectivity index (χ0n) is 22.5. The zero-order valence-corrected chi connectivity index (χ0v) is 22.5. The molecule has 0 aliphatic carbocycles. The molecule has 2 N–H and O–H groups in total. The number of nitrogens with two attached hydrogens (primary N) is 1. The predicted octanol–water partition coefficient (Wildman–Crippen LogP) is 5.48. The minimum Gasteiger partial charge on any atom is -0.465 e. The smallest absolute Gasteiger partial charge is 0.337 e. The first-order valence-corrected chi connectivity index (χ1v) is 13.3. The second kappa shape index (κ2) is 13.2. The molecule has 1 atom stereocenters. The highest BCUT2D eigenvalue weighted by atomic mass is 19.1. The molecular formula is C31H35FN4O3. The van der Waals surface area contributed by atoms with Crippen molar-refractivity contribution in [1.29, 1.82) is 5.26 Å². The molecule has 1 fully saturated rings. The Hall–Kier alpha value is -3.93. The van der Waals surface area contributed by atoms with Crippen molar-refractivity contribution in [3.05, 3.63) is 89.2 Å². The number of rotatable bonds is 10. The molecule has 1 unspecified atom stereocenters. The number of carbonyl (C=O) groups excluding carboxylic acids is 1. The number of methoxy groups -OCH3 is 1. The third-order valence-electron chi connectivity index (χ3n) is 7.34. The van der Waals surface area contributed by atoms with Gasteiger partial charge >= 0.3 is 5.97 Å². The van der Waals surface area contributed by atoms with Crippen LogP contribution >= 0.6 is 0 Å². The number of halogens is 1. The molecule has 0 spiro atoms. The summed E-state index contributed by atoms with van der Waals surface area (Å²) in [5, 5.41) is 9.35. The average Bonchev–Trinajstić information content (AvgIpc) is 2.97. The van der Waals surface area contributed by atoms with E-state index in [1.807, 2.05) is 24.3 Å². The molecule has 1 aliphatic rings. The molecule has 3 aromatic carbocycles. The van der Waals surface area contributed by atoms with Crippen molar-refractivity contribution >= 4 is 11.7 Å². The van der Waals surface area contributed by atoms with E-state index in [9.17, 15) is 14.4 Å². The van der Waals surface area contributed by atoms with E-state index in [-0.39, 0.29) is 11.9 Å². The third kappa shape index (κ3) is 7.14. The molecule has 1 heterocycles. The molecule has 0 saturated carbocycles. The number of ether oxygens (including phenoxy) is 2. The molecule has 7 nitrogen and oxygen atoms in total.